The molecule has 1 aromatic rings. The van der Waals surface area contributed by atoms with Crippen molar-refractivity contribution in [2.24, 2.45) is 0 Å². The molecule has 110 valence electrons. The van der Waals surface area contributed by atoms with Gasteiger partial charge in [-0.3, -0.25) is 9.59 Å². The maximum absolute atomic E-state index is 12.0. The van der Waals surface area contributed by atoms with Gasteiger partial charge in [0.15, 0.2) is 0 Å². The van der Waals surface area contributed by atoms with E-state index < -0.39 is 11.2 Å². The Kier molecular flexibility index (Phi) is 6.45. The Balaban J connectivity index is 2.69. The molecule has 5 nitrogen and oxygen atoms in total. The van der Waals surface area contributed by atoms with Gasteiger partial charge in [0, 0.05) is 5.02 Å². The monoisotopic (exact) mass is 336 g/mol. The summed E-state index contributed by atoms with van der Waals surface area (Å²) in [6.07, 6.45) is 0. The number of anilines is 2. The number of nitrogens with two attached hydrogens (primary N) is 1. The Bertz CT molecular complexity index is 502. The lowest BCUT2D eigenvalue weighted by Gasteiger charge is -2.14. The smallest absolute Gasteiger partial charge is 0.315 e. The number of hydrogen-bond acceptors (Lipinski definition) is 5. The van der Waals surface area contributed by atoms with E-state index in [1.165, 1.54) is 19.2 Å². The van der Waals surface area contributed by atoms with Gasteiger partial charge in [0.25, 0.3) is 0 Å². The molecular formula is C12H14Cl2N2O3S. The van der Waals surface area contributed by atoms with Gasteiger partial charge >= 0.3 is 5.97 Å². The van der Waals surface area contributed by atoms with E-state index in [4.69, 9.17) is 28.9 Å². The summed E-state index contributed by atoms with van der Waals surface area (Å²) in [5.41, 5.74) is 6.34. The zero-order chi connectivity index (χ0) is 15.3. The Morgan fingerprint density at radius 2 is 2.10 bits per heavy atom. The Labute approximate surface area is 131 Å². The minimum Gasteiger partial charge on any atom is -0.468 e. The number of halogens is 2. The predicted molar refractivity (Wildman–Crippen MR) is 83.4 cm³/mol. The Hall–Kier alpha value is -1.11. The molecule has 20 heavy (non-hydrogen) atoms. The van der Waals surface area contributed by atoms with Crippen LogP contribution in [0.5, 0.6) is 0 Å². The number of thioether (sulfide) groups is 1. The zero-order valence-corrected chi connectivity index (χ0v) is 13.2. The van der Waals surface area contributed by atoms with Gasteiger partial charge < -0.3 is 15.8 Å². The molecule has 0 aliphatic carbocycles. The van der Waals surface area contributed by atoms with E-state index in [2.05, 4.69) is 10.1 Å². The summed E-state index contributed by atoms with van der Waals surface area (Å²) in [6, 6.07) is 2.98. The van der Waals surface area contributed by atoms with E-state index in [-0.39, 0.29) is 22.4 Å². The van der Waals surface area contributed by atoms with Crippen molar-refractivity contribution in [1.82, 2.24) is 0 Å². The zero-order valence-electron chi connectivity index (χ0n) is 10.9. The van der Waals surface area contributed by atoms with E-state index in [1.54, 1.807) is 6.92 Å². The number of benzene rings is 1. The molecule has 3 N–H and O–H groups in total. The van der Waals surface area contributed by atoms with Crippen LogP contribution in [0.3, 0.4) is 0 Å². The molecule has 0 saturated carbocycles. The van der Waals surface area contributed by atoms with E-state index >= 15 is 0 Å². The minimum absolute atomic E-state index is 0.0922. The summed E-state index contributed by atoms with van der Waals surface area (Å²) >= 11 is 12.9. The normalized spacial score (nSPS) is 11.8. The summed E-state index contributed by atoms with van der Waals surface area (Å²) in [5.74, 6) is -0.608. The topological polar surface area (TPSA) is 81.4 Å². The van der Waals surface area contributed by atoms with Gasteiger partial charge in [-0.25, -0.2) is 0 Å². The first-order chi connectivity index (χ1) is 9.35. The number of carbonyl (C=O) groups is 2. The van der Waals surface area contributed by atoms with Crippen molar-refractivity contribution < 1.29 is 14.3 Å². The van der Waals surface area contributed by atoms with Crippen molar-refractivity contribution in [2.45, 2.75) is 12.2 Å². The summed E-state index contributed by atoms with van der Waals surface area (Å²) in [7, 11) is 1.29. The van der Waals surface area contributed by atoms with E-state index in [1.807, 2.05) is 0 Å². The standard InChI is InChI=1S/C12H14Cl2N2O3S/c1-6(20-5-10(17)19-2)12(18)16-11-8(14)3-7(13)4-9(11)15/h3-4,6H,5,15H2,1-2H3,(H,16,18). The highest BCUT2D eigenvalue weighted by molar-refractivity contribution is 8.01. The third-order valence-corrected chi connectivity index (χ3v) is 4.01. The molecule has 0 heterocycles. The van der Waals surface area contributed by atoms with Crippen LogP contribution in [-0.2, 0) is 14.3 Å². The fourth-order valence-corrected chi connectivity index (χ4v) is 2.55. The molecule has 0 fully saturated rings. The fourth-order valence-electron chi connectivity index (χ4n) is 1.28. The van der Waals surface area contributed by atoms with Gasteiger partial charge in [-0.05, 0) is 19.1 Å². The first-order valence-corrected chi connectivity index (χ1v) is 7.39. The summed E-state index contributed by atoms with van der Waals surface area (Å²) in [4.78, 5) is 23.0. The third kappa shape index (κ3) is 4.77. The van der Waals surface area contributed by atoms with Crippen LogP contribution >= 0.6 is 35.0 Å². The number of nitrogen functional groups attached to an aromatic ring is 1. The second-order valence-corrected chi connectivity index (χ2v) is 6.04. The average molecular weight is 337 g/mol. The SMILES string of the molecule is COC(=O)CSC(C)C(=O)Nc1c(N)cc(Cl)cc1Cl. The molecule has 0 spiro atoms. The number of esters is 1. The minimum atomic E-state index is -0.458. The molecule has 0 saturated heterocycles. The molecule has 1 amide bonds. The third-order valence-electron chi connectivity index (χ3n) is 2.38. The Morgan fingerprint density at radius 3 is 2.65 bits per heavy atom. The van der Waals surface area contributed by atoms with Crippen LogP contribution in [0.1, 0.15) is 6.92 Å². The van der Waals surface area contributed by atoms with Crippen molar-refractivity contribution >= 4 is 58.2 Å². The second-order valence-electron chi connectivity index (χ2n) is 3.87. The van der Waals surface area contributed by atoms with Crippen molar-refractivity contribution in [2.75, 3.05) is 23.9 Å². The molecule has 0 bridgehead atoms. The van der Waals surface area contributed by atoms with E-state index in [0.29, 0.717) is 10.7 Å². The number of carbonyl (C=O) groups excluding carboxylic acids is 2. The van der Waals surface area contributed by atoms with Gasteiger partial charge in [0.2, 0.25) is 5.91 Å². The highest BCUT2D eigenvalue weighted by Gasteiger charge is 2.18. The van der Waals surface area contributed by atoms with Crippen LogP contribution in [0.25, 0.3) is 0 Å². The largest absolute Gasteiger partial charge is 0.468 e. The van der Waals surface area contributed by atoms with Crippen LogP contribution in [0.15, 0.2) is 12.1 Å². The van der Waals surface area contributed by atoms with Crippen LogP contribution in [0.2, 0.25) is 10.0 Å². The van der Waals surface area contributed by atoms with Gasteiger partial charge in [-0.1, -0.05) is 23.2 Å². The summed E-state index contributed by atoms with van der Waals surface area (Å²) in [6.45, 7) is 1.67. The van der Waals surface area contributed by atoms with Gasteiger partial charge in [0.05, 0.1) is 34.5 Å². The molecule has 1 unspecified atom stereocenters. The first kappa shape index (κ1) is 16.9. The van der Waals surface area contributed by atoms with Crippen LogP contribution in [0.4, 0.5) is 11.4 Å². The molecule has 1 atom stereocenters. The lowest BCUT2D eigenvalue weighted by atomic mass is 10.2. The average Bonchev–Trinajstić information content (AvgIpc) is 2.39. The number of rotatable bonds is 5. The molecule has 0 radical (unpaired) electrons. The predicted octanol–water partition coefficient (Wildman–Crippen LogP) is 2.81. The highest BCUT2D eigenvalue weighted by atomic mass is 35.5. The lowest BCUT2D eigenvalue weighted by molar-refractivity contribution is -0.137. The number of nitrogens with one attached hydrogen (secondary N) is 1. The Morgan fingerprint density at radius 1 is 1.45 bits per heavy atom. The summed E-state index contributed by atoms with van der Waals surface area (Å²) < 4.78 is 4.50. The van der Waals surface area contributed by atoms with Gasteiger partial charge in [-0.15, -0.1) is 11.8 Å². The molecule has 8 heteroatoms. The number of methoxy groups -OCH3 is 1. The van der Waals surface area contributed by atoms with Crippen LogP contribution < -0.4 is 11.1 Å². The molecule has 0 aliphatic heterocycles. The quantitative estimate of drug-likeness (QED) is 0.638. The highest BCUT2D eigenvalue weighted by Crippen LogP contribution is 2.32. The molecular weight excluding hydrogens is 323 g/mol. The fraction of sp³-hybridized carbons (Fsp3) is 0.333. The van der Waals surface area contributed by atoms with Crippen LogP contribution in [0, 0.1) is 0 Å². The lowest BCUT2D eigenvalue weighted by Crippen LogP contribution is -2.24. The number of ether oxygens (including phenoxy) is 1. The van der Waals surface area contributed by atoms with E-state index in [9.17, 15) is 9.59 Å². The van der Waals surface area contributed by atoms with Gasteiger partial charge in [0.1, 0.15) is 0 Å². The maximum atomic E-state index is 12.0. The maximum Gasteiger partial charge on any atom is 0.315 e. The second kappa shape index (κ2) is 7.61. The first-order valence-electron chi connectivity index (χ1n) is 5.59. The molecule has 1 rings (SSSR count). The number of amides is 1. The molecule has 1 aromatic carbocycles. The van der Waals surface area contributed by atoms with E-state index in [0.717, 1.165) is 11.8 Å². The summed E-state index contributed by atoms with van der Waals surface area (Å²) in [5, 5.41) is 2.81. The van der Waals surface area contributed by atoms with Crippen molar-refractivity contribution in [1.29, 1.82) is 0 Å². The number of hydrogen-bond donors (Lipinski definition) is 2. The molecule has 0 aromatic heterocycles. The van der Waals surface area contributed by atoms with Crippen molar-refractivity contribution in [3.05, 3.63) is 22.2 Å². The molecule has 0 aliphatic rings. The van der Waals surface area contributed by atoms with Crippen molar-refractivity contribution in [3.63, 3.8) is 0 Å². The van der Waals surface area contributed by atoms with Crippen LogP contribution in [-0.4, -0.2) is 30.0 Å². The van der Waals surface area contributed by atoms with Crippen molar-refractivity contribution in [3.8, 4) is 0 Å². The van der Waals surface area contributed by atoms with Gasteiger partial charge in [-0.2, -0.15) is 0 Å².